The Kier molecular flexibility index (Phi) is 13.0. The molecule has 0 aromatic rings. The minimum absolute atomic E-state index is 0.165. The van der Waals surface area contributed by atoms with E-state index >= 15 is 0 Å². The number of hydrogen-bond acceptors (Lipinski definition) is 3. The molecule has 1 unspecified atom stereocenters. The van der Waals surface area contributed by atoms with Crippen molar-refractivity contribution in [2.75, 3.05) is 0 Å². The third-order valence-electron chi connectivity index (χ3n) is 4.77. The van der Waals surface area contributed by atoms with Crippen molar-refractivity contribution in [3.05, 3.63) is 17.9 Å². The van der Waals surface area contributed by atoms with E-state index in [0.29, 0.717) is 0 Å². The Labute approximate surface area is 153 Å². The quantitative estimate of drug-likeness (QED) is 0.152. The van der Waals surface area contributed by atoms with Crippen molar-refractivity contribution < 1.29 is 14.3 Å². The fourth-order valence-corrected chi connectivity index (χ4v) is 3.15. The molecule has 3 nitrogen and oxygen atoms in total. The topological polar surface area (TPSA) is 43.4 Å². The number of carbonyl (C=O) groups excluding carboxylic acids is 2. The number of hydrogen-bond donors (Lipinski definition) is 0. The van der Waals surface area contributed by atoms with E-state index < -0.39 is 17.9 Å². The summed E-state index contributed by atoms with van der Waals surface area (Å²) in [5, 5.41) is 0. The molecule has 0 N–H and O–H groups in total. The largest absolute Gasteiger partial charge is 0.393 e. The predicted octanol–water partition coefficient (Wildman–Crippen LogP) is 6.27. The molecule has 1 rings (SSSR count). The van der Waals surface area contributed by atoms with Crippen LogP contribution in [-0.2, 0) is 14.3 Å². The summed E-state index contributed by atoms with van der Waals surface area (Å²) in [6.45, 7) is 2.27. The lowest BCUT2D eigenvalue weighted by atomic mass is 10.0. The summed E-state index contributed by atoms with van der Waals surface area (Å²) in [7, 11) is 0. The third kappa shape index (κ3) is 11.8. The zero-order valence-corrected chi connectivity index (χ0v) is 16.1. The fourth-order valence-electron chi connectivity index (χ4n) is 3.15. The van der Waals surface area contributed by atoms with Crippen LogP contribution >= 0.6 is 0 Å². The molecule has 1 fully saturated rings. The summed E-state index contributed by atoms with van der Waals surface area (Å²) in [6, 6.07) is 0. The third-order valence-corrected chi connectivity index (χ3v) is 4.77. The molecule has 1 aliphatic rings. The smallest absolute Gasteiger partial charge is 0.321 e. The van der Waals surface area contributed by atoms with Gasteiger partial charge < -0.3 is 4.74 Å². The lowest BCUT2D eigenvalue weighted by molar-refractivity contribution is -0.152. The fraction of sp³-hybridized carbons (Fsp3) is 0.773. The molecule has 142 valence electrons. The van der Waals surface area contributed by atoms with Crippen LogP contribution in [0.2, 0.25) is 0 Å². The van der Waals surface area contributed by atoms with Gasteiger partial charge in [-0.05, 0) is 25.0 Å². The molecule has 1 aliphatic heterocycles. The van der Waals surface area contributed by atoms with E-state index in [0.717, 1.165) is 6.42 Å². The highest BCUT2D eigenvalue weighted by atomic mass is 16.6. The van der Waals surface area contributed by atoms with Gasteiger partial charge in [0, 0.05) is 0 Å². The summed E-state index contributed by atoms with van der Waals surface area (Å²) in [5.74, 6) is -1.29. The molecule has 3 heteroatoms. The van der Waals surface area contributed by atoms with Crippen LogP contribution in [0.1, 0.15) is 103 Å². The van der Waals surface area contributed by atoms with E-state index in [4.69, 9.17) is 0 Å². The summed E-state index contributed by atoms with van der Waals surface area (Å²) in [4.78, 5) is 22.2. The normalized spacial score (nSPS) is 16.6. The summed E-state index contributed by atoms with van der Waals surface area (Å²) in [5.41, 5.74) is 3.02. The highest BCUT2D eigenvalue weighted by Crippen LogP contribution is 2.16. The molecule has 1 heterocycles. The minimum Gasteiger partial charge on any atom is -0.393 e. The highest BCUT2D eigenvalue weighted by Gasteiger charge is 2.31. The van der Waals surface area contributed by atoms with Crippen molar-refractivity contribution >= 4 is 11.9 Å². The SMILES string of the molecule is CCCCCCCCCCCCCCCC=C=CC1CC(=O)OC1=O. The lowest BCUT2D eigenvalue weighted by Crippen LogP contribution is -2.03. The molecule has 0 aromatic heterocycles. The molecule has 0 spiro atoms. The number of esters is 2. The van der Waals surface area contributed by atoms with Crippen molar-refractivity contribution in [3.63, 3.8) is 0 Å². The van der Waals surface area contributed by atoms with Gasteiger partial charge in [-0.15, -0.1) is 5.73 Å². The molecule has 0 aromatic carbocycles. The van der Waals surface area contributed by atoms with Crippen LogP contribution in [0.4, 0.5) is 0 Å². The Morgan fingerprint density at radius 2 is 1.40 bits per heavy atom. The van der Waals surface area contributed by atoms with Gasteiger partial charge in [0.25, 0.3) is 0 Å². The average molecular weight is 349 g/mol. The van der Waals surface area contributed by atoms with Gasteiger partial charge in [0.2, 0.25) is 0 Å². The molecule has 0 saturated carbocycles. The number of rotatable bonds is 15. The average Bonchev–Trinajstić information content (AvgIpc) is 2.92. The monoisotopic (exact) mass is 348 g/mol. The number of unbranched alkanes of at least 4 members (excludes halogenated alkanes) is 13. The van der Waals surface area contributed by atoms with Crippen LogP contribution in [-0.4, -0.2) is 11.9 Å². The number of cyclic esters (lactones) is 2. The van der Waals surface area contributed by atoms with Crippen molar-refractivity contribution in [3.8, 4) is 0 Å². The minimum atomic E-state index is -0.438. The Morgan fingerprint density at radius 1 is 0.880 bits per heavy atom. The summed E-state index contributed by atoms with van der Waals surface area (Å²) in [6.07, 6.45) is 22.5. The van der Waals surface area contributed by atoms with E-state index in [1.165, 1.54) is 83.5 Å². The molecular formula is C22H36O3. The highest BCUT2D eigenvalue weighted by molar-refractivity contribution is 5.95. The molecule has 1 atom stereocenters. The first-order chi connectivity index (χ1) is 12.2. The van der Waals surface area contributed by atoms with Gasteiger partial charge in [0.1, 0.15) is 0 Å². The van der Waals surface area contributed by atoms with Gasteiger partial charge in [-0.2, -0.15) is 0 Å². The second kappa shape index (κ2) is 15.0. The van der Waals surface area contributed by atoms with Gasteiger partial charge in [0.15, 0.2) is 0 Å². The van der Waals surface area contributed by atoms with Gasteiger partial charge >= 0.3 is 11.9 Å². The van der Waals surface area contributed by atoms with Crippen LogP contribution in [0.5, 0.6) is 0 Å². The van der Waals surface area contributed by atoms with Crippen LogP contribution in [0.25, 0.3) is 0 Å². The molecule has 0 aliphatic carbocycles. The Hall–Kier alpha value is -1.34. The predicted molar refractivity (Wildman–Crippen MR) is 102 cm³/mol. The molecule has 25 heavy (non-hydrogen) atoms. The first kappa shape index (κ1) is 21.7. The second-order valence-electron chi connectivity index (χ2n) is 7.17. The second-order valence-corrected chi connectivity index (χ2v) is 7.17. The zero-order valence-electron chi connectivity index (χ0n) is 16.1. The Bertz CT molecular complexity index is 433. The molecule has 0 bridgehead atoms. The Balaban J connectivity index is 1.83. The standard InChI is InChI=1S/C22H36O3/c1-2-3-4-5-6-7-8-9-10-11-12-13-14-15-16-17-18-20-19-21(23)25-22(20)24/h16,18,20H,2-15,19H2,1H3. The van der Waals surface area contributed by atoms with Gasteiger partial charge in [-0.1, -0.05) is 84.0 Å². The van der Waals surface area contributed by atoms with E-state index in [9.17, 15) is 9.59 Å². The van der Waals surface area contributed by atoms with Crippen LogP contribution in [0, 0.1) is 5.92 Å². The summed E-state index contributed by atoms with van der Waals surface area (Å²) >= 11 is 0. The van der Waals surface area contributed by atoms with Crippen LogP contribution < -0.4 is 0 Å². The van der Waals surface area contributed by atoms with Crippen molar-refractivity contribution in [2.45, 2.75) is 103 Å². The maximum Gasteiger partial charge on any atom is 0.321 e. The number of ether oxygens (including phenoxy) is 1. The molecule has 0 radical (unpaired) electrons. The lowest BCUT2D eigenvalue weighted by Gasteiger charge is -2.02. The summed E-state index contributed by atoms with van der Waals surface area (Å²) < 4.78 is 4.49. The van der Waals surface area contributed by atoms with Gasteiger partial charge in [-0.25, -0.2) is 0 Å². The van der Waals surface area contributed by atoms with E-state index in [-0.39, 0.29) is 6.42 Å². The van der Waals surface area contributed by atoms with Crippen molar-refractivity contribution in [2.24, 2.45) is 5.92 Å². The molecule has 1 saturated heterocycles. The first-order valence-corrected chi connectivity index (χ1v) is 10.4. The van der Waals surface area contributed by atoms with E-state index in [1.54, 1.807) is 6.08 Å². The molecular weight excluding hydrogens is 312 g/mol. The maximum absolute atomic E-state index is 11.2. The van der Waals surface area contributed by atoms with Crippen LogP contribution in [0.15, 0.2) is 17.9 Å². The van der Waals surface area contributed by atoms with E-state index in [1.807, 2.05) is 6.08 Å². The van der Waals surface area contributed by atoms with E-state index in [2.05, 4.69) is 17.4 Å². The zero-order chi connectivity index (χ0) is 18.2. The van der Waals surface area contributed by atoms with Crippen molar-refractivity contribution in [1.82, 2.24) is 0 Å². The number of carbonyl (C=O) groups is 2. The van der Waals surface area contributed by atoms with Crippen LogP contribution in [0.3, 0.4) is 0 Å². The maximum atomic E-state index is 11.2. The van der Waals surface area contributed by atoms with Gasteiger partial charge in [-0.3, -0.25) is 9.59 Å². The Morgan fingerprint density at radius 3 is 1.88 bits per heavy atom. The van der Waals surface area contributed by atoms with Gasteiger partial charge in [0.05, 0.1) is 12.3 Å². The molecule has 0 amide bonds. The first-order valence-electron chi connectivity index (χ1n) is 10.4. The van der Waals surface area contributed by atoms with Crippen molar-refractivity contribution in [1.29, 1.82) is 0 Å².